The molecule has 0 radical (unpaired) electrons. The molecule has 180 valence electrons. The maximum Gasteiger partial charge on any atom is 0.196 e. The van der Waals surface area contributed by atoms with Gasteiger partial charge in [-0.1, -0.05) is 17.7 Å². The zero-order chi connectivity index (χ0) is 23.6. The SMILES string of the molecule is CC1=CCn2c(nnc2Sc2ccc3ncc(C4C=NN(CCN5CCOCC5)C4)cc3c2)C=C1. The summed E-state index contributed by atoms with van der Waals surface area (Å²) in [6.07, 6.45) is 10.4. The summed E-state index contributed by atoms with van der Waals surface area (Å²) in [5.74, 6) is 1.16. The Labute approximate surface area is 209 Å². The molecule has 9 heteroatoms. The summed E-state index contributed by atoms with van der Waals surface area (Å²) < 4.78 is 7.60. The third-order valence-electron chi connectivity index (χ3n) is 6.74. The minimum Gasteiger partial charge on any atom is -0.379 e. The molecule has 2 aromatic heterocycles. The molecular formula is C26H29N7OS. The molecule has 0 amide bonds. The van der Waals surface area contributed by atoms with Crippen molar-refractivity contribution in [1.82, 2.24) is 29.7 Å². The molecule has 5 heterocycles. The van der Waals surface area contributed by atoms with E-state index in [4.69, 9.17) is 9.72 Å². The summed E-state index contributed by atoms with van der Waals surface area (Å²) in [5, 5.41) is 17.7. The van der Waals surface area contributed by atoms with Gasteiger partial charge in [0.05, 0.1) is 18.7 Å². The first-order valence-corrected chi connectivity index (χ1v) is 13.0. The van der Waals surface area contributed by atoms with Crippen molar-refractivity contribution in [2.24, 2.45) is 5.10 Å². The standard InChI is InChI=1S/C26H29N7OS/c1-19-2-5-25-29-30-26(33(25)7-6-19)35-23-3-4-24-20(15-23)14-21(16-27-24)22-17-28-32(18-22)9-8-31-10-12-34-13-11-31/h2-6,14-17,22H,7-13,18H2,1H3. The highest BCUT2D eigenvalue weighted by Crippen LogP contribution is 2.31. The van der Waals surface area contributed by atoms with Gasteiger partial charge in [-0.15, -0.1) is 10.2 Å². The fraction of sp³-hybridized carbons (Fsp3) is 0.385. The van der Waals surface area contributed by atoms with Crippen LogP contribution in [0.4, 0.5) is 0 Å². The van der Waals surface area contributed by atoms with Gasteiger partial charge in [0.25, 0.3) is 0 Å². The maximum absolute atomic E-state index is 5.45. The van der Waals surface area contributed by atoms with Crippen LogP contribution in [0.1, 0.15) is 24.2 Å². The Balaban J connectivity index is 1.14. The first-order chi connectivity index (χ1) is 17.2. The summed E-state index contributed by atoms with van der Waals surface area (Å²) in [5.41, 5.74) is 3.45. The van der Waals surface area contributed by atoms with Gasteiger partial charge in [-0.05, 0) is 54.6 Å². The molecule has 0 spiro atoms. The Bertz CT molecular complexity index is 1310. The van der Waals surface area contributed by atoms with Crippen molar-refractivity contribution in [3.63, 3.8) is 0 Å². The molecule has 1 fully saturated rings. The molecule has 1 atom stereocenters. The van der Waals surface area contributed by atoms with Gasteiger partial charge in [0, 0.05) is 67.9 Å². The summed E-state index contributed by atoms with van der Waals surface area (Å²) in [7, 11) is 0. The highest BCUT2D eigenvalue weighted by molar-refractivity contribution is 7.99. The molecular weight excluding hydrogens is 458 g/mol. The van der Waals surface area contributed by atoms with Crippen molar-refractivity contribution >= 4 is 35.0 Å². The lowest BCUT2D eigenvalue weighted by Gasteiger charge is -2.28. The number of fused-ring (bicyclic) bond motifs is 2. The van der Waals surface area contributed by atoms with Crippen LogP contribution in [0.3, 0.4) is 0 Å². The van der Waals surface area contributed by atoms with Crippen LogP contribution in [0.15, 0.2) is 63.3 Å². The van der Waals surface area contributed by atoms with Crippen LogP contribution in [0, 0.1) is 0 Å². The van der Waals surface area contributed by atoms with Crippen molar-refractivity contribution < 1.29 is 4.74 Å². The average molecular weight is 488 g/mol. The third-order valence-corrected chi connectivity index (χ3v) is 7.72. The van der Waals surface area contributed by atoms with Gasteiger partial charge in [-0.3, -0.25) is 19.5 Å². The van der Waals surface area contributed by atoms with Gasteiger partial charge in [-0.25, -0.2) is 0 Å². The Kier molecular flexibility index (Phi) is 6.37. The number of aromatic nitrogens is 4. The Morgan fingerprint density at radius 3 is 2.91 bits per heavy atom. The number of pyridine rings is 1. The lowest BCUT2D eigenvalue weighted by atomic mass is 10.0. The monoisotopic (exact) mass is 487 g/mol. The third kappa shape index (κ3) is 5.03. The first-order valence-electron chi connectivity index (χ1n) is 12.2. The molecule has 6 rings (SSSR count). The summed E-state index contributed by atoms with van der Waals surface area (Å²) >= 11 is 1.64. The molecule has 35 heavy (non-hydrogen) atoms. The van der Waals surface area contributed by atoms with Crippen molar-refractivity contribution in [3.8, 4) is 0 Å². The summed E-state index contributed by atoms with van der Waals surface area (Å²) in [4.78, 5) is 8.32. The van der Waals surface area contributed by atoms with Gasteiger partial charge < -0.3 is 4.74 Å². The van der Waals surface area contributed by atoms with Gasteiger partial charge >= 0.3 is 0 Å². The lowest BCUT2D eigenvalue weighted by Crippen LogP contribution is -2.40. The number of allylic oxidation sites excluding steroid dienone is 3. The van der Waals surface area contributed by atoms with Gasteiger partial charge in [0.15, 0.2) is 11.0 Å². The fourth-order valence-electron chi connectivity index (χ4n) is 4.60. The largest absolute Gasteiger partial charge is 0.379 e. The Hall–Kier alpha value is -3.01. The Morgan fingerprint density at radius 1 is 1.09 bits per heavy atom. The van der Waals surface area contributed by atoms with Crippen LogP contribution in [0.2, 0.25) is 0 Å². The molecule has 8 nitrogen and oxygen atoms in total. The first kappa shape index (κ1) is 22.5. The molecule has 0 bridgehead atoms. The smallest absolute Gasteiger partial charge is 0.196 e. The number of hydrogen-bond donors (Lipinski definition) is 0. The quantitative estimate of drug-likeness (QED) is 0.525. The van der Waals surface area contributed by atoms with E-state index in [2.05, 4.69) is 79.3 Å². The van der Waals surface area contributed by atoms with Crippen LogP contribution in [0.5, 0.6) is 0 Å². The van der Waals surface area contributed by atoms with E-state index in [1.54, 1.807) is 11.8 Å². The maximum atomic E-state index is 5.45. The molecule has 0 aliphatic carbocycles. The average Bonchev–Trinajstić information content (AvgIpc) is 3.47. The number of hydrogen-bond acceptors (Lipinski definition) is 8. The molecule has 3 aromatic rings. The van der Waals surface area contributed by atoms with Crippen molar-refractivity contribution in [2.45, 2.75) is 29.4 Å². The summed E-state index contributed by atoms with van der Waals surface area (Å²) in [6, 6.07) is 8.66. The Morgan fingerprint density at radius 2 is 2.00 bits per heavy atom. The van der Waals surface area contributed by atoms with E-state index in [0.717, 1.165) is 79.3 Å². The zero-order valence-corrected chi connectivity index (χ0v) is 20.7. The predicted octanol–water partition coefficient (Wildman–Crippen LogP) is 3.67. The van der Waals surface area contributed by atoms with E-state index in [-0.39, 0.29) is 5.92 Å². The van der Waals surface area contributed by atoms with Gasteiger partial charge in [0.1, 0.15) is 0 Å². The molecule has 0 N–H and O–H groups in total. The molecule has 3 aliphatic rings. The lowest BCUT2D eigenvalue weighted by molar-refractivity contribution is 0.0339. The second-order valence-corrected chi connectivity index (χ2v) is 10.2. The van der Waals surface area contributed by atoms with E-state index in [9.17, 15) is 0 Å². The van der Waals surface area contributed by atoms with E-state index in [0.29, 0.717) is 0 Å². The number of morpholine rings is 1. The number of hydrazone groups is 1. The van der Waals surface area contributed by atoms with E-state index < -0.39 is 0 Å². The van der Waals surface area contributed by atoms with E-state index in [1.165, 1.54) is 11.1 Å². The highest BCUT2D eigenvalue weighted by Gasteiger charge is 2.21. The normalized spacial score (nSPS) is 20.3. The van der Waals surface area contributed by atoms with Crippen molar-refractivity contribution in [3.05, 3.63) is 59.6 Å². The molecule has 1 saturated heterocycles. The van der Waals surface area contributed by atoms with Crippen LogP contribution in [-0.4, -0.2) is 81.8 Å². The van der Waals surface area contributed by atoms with Crippen LogP contribution in [0.25, 0.3) is 17.0 Å². The molecule has 1 aromatic carbocycles. The molecule has 1 unspecified atom stereocenters. The minimum atomic E-state index is 0.266. The second-order valence-electron chi connectivity index (χ2n) is 9.20. The van der Waals surface area contributed by atoms with E-state index >= 15 is 0 Å². The molecule has 3 aliphatic heterocycles. The number of rotatable bonds is 6. The zero-order valence-electron chi connectivity index (χ0n) is 19.9. The molecule has 0 saturated carbocycles. The van der Waals surface area contributed by atoms with Gasteiger partial charge in [0.2, 0.25) is 0 Å². The number of ether oxygens (including phenoxy) is 1. The predicted molar refractivity (Wildman–Crippen MR) is 139 cm³/mol. The van der Waals surface area contributed by atoms with Crippen molar-refractivity contribution in [2.75, 3.05) is 45.9 Å². The second kappa shape index (κ2) is 9.93. The topological polar surface area (TPSA) is 71.7 Å². The van der Waals surface area contributed by atoms with Crippen LogP contribution in [-0.2, 0) is 11.3 Å². The minimum absolute atomic E-state index is 0.266. The van der Waals surface area contributed by atoms with Crippen LogP contribution < -0.4 is 0 Å². The van der Waals surface area contributed by atoms with Gasteiger partial charge in [-0.2, -0.15) is 5.10 Å². The highest BCUT2D eigenvalue weighted by atomic mass is 32.2. The number of benzene rings is 1. The van der Waals surface area contributed by atoms with Crippen molar-refractivity contribution in [1.29, 1.82) is 0 Å². The van der Waals surface area contributed by atoms with Crippen LogP contribution >= 0.6 is 11.8 Å². The summed E-state index contributed by atoms with van der Waals surface area (Å²) in [6.45, 7) is 9.47. The van der Waals surface area contributed by atoms with E-state index in [1.807, 2.05) is 12.3 Å². The fourth-order valence-corrected chi connectivity index (χ4v) is 5.49. The number of nitrogens with zero attached hydrogens (tertiary/aromatic N) is 7.